The second-order valence-corrected chi connectivity index (χ2v) is 10.2. The molecule has 4 rings (SSSR count). The van der Waals surface area contributed by atoms with Crippen LogP contribution in [0, 0.1) is 5.92 Å². The lowest BCUT2D eigenvalue weighted by Crippen LogP contribution is -2.51. The van der Waals surface area contributed by atoms with Gasteiger partial charge in [0.2, 0.25) is 5.91 Å². The number of benzene rings is 1. The van der Waals surface area contributed by atoms with E-state index in [0.29, 0.717) is 44.7 Å². The molecule has 3 aliphatic heterocycles. The number of carbonyl (C=O) groups excluding carboxylic acids is 4. The fraction of sp³-hybridized carbons (Fsp3) is 0.583. The highest BCUT2D eigenvalue weighted by Gasteiger charge is 2.32. The lowest BCUT2D eigenvalue weighted by atomic mass is 9.97. The van der Waals surface area contributed by atoms with Gasteiger partial charge >= 0.3 is 17.8 Å². The SMILES string of the molecule is CC(C)(C)NC(=O)N1CCC(CNC(=O)C(=O)Nc2cc3c4c(c2)CCN4C(=O)CC3)CC1. The van der Waals surface area contributed by atoms with E-state index >= 15 is 0 Å². The molecule has 0 radical (unpaired) electrons. The van der Waals surface area contributed by atoms with Crippen LogP contribution in [0.1, 0.15) is 51.2 Å². The summed E-state index contributed by atoms with van der Waals surface area (Å²) in [7, 11) is 0. The number of rotatable bonds is 3. The number of nitrogens with zero attached hydrogens (tertiary/aromatic N) is 2. The number of anilines is 2. The molecule has 1 fully saturated rings. The summed E-state index contributed by atoms with van der Waals surface area (Å²) in [6, 6.07) is 3.67. The normalized spacial score (nSPS) is 18.1. The predicted octanol–water partition coefficient (Wildman–Crippen LogP) is 1.80. The van der Waals surface area contributed by atoms with Gasteiger partial charge in [0, 0.05) is 43.8 Å². The second-order valence-electron chi connectivity index (χ2n) is 10.2. The summed E-state index contributed by atoms with van der Waals surface area (Å²) in [6.07, 6.45) is 3.45. The Balaban J connectivity index is 1.25. The molecule has 1 aromatic carbocycles. The lowest BCUT2D eigenvalue weighted by molar-refractivity contribution is -0.136. The first-order chi connectivity index (χ1) is 15.6. The van der Waals surface area contributed by atoms with Crippen molar-refractivity contribution in [3.63, 3.8) is 0 Å². The van der Waals surface area contributed by atoms with Gasteiger partial charge < -0.3 is 25.8 Å². The van der Waals surface area contributed by atoms with Crippen molar-refractivity contribution in [1.82, 2.24) is 15.5 Å². The third-order valence-corrected chi connectivity index (χ3v) is 6.45. The first kappa shape index (κ1) is 23.1. The van der Waals surface area contributed by atoms with Crippen LogP contribution in [0.15, 0.2) is 12.1 Å². The van der Waals surface area contributed by atoms with E-state index < -0.39 is 11.8 Å². The number of carbonyl (C=O) groups is 4. The van der Waals surface area contributed by atoms with Crippen molar-refractivity contribution in [2.45, 2.75) is 58.4 Å². The topological polar surface area (TPSA) is 111 Å². The average Bonchev–Trinajstić information content (AvgIpc) is 3.19. The lowest BCUT2D eigenvalue weighted by Gasteiger charge is -2.34. The van der Waals surface area contributed by atoms with Crippen LogP contribution < -0.4 is 20.9 Å². The highest BCUT2D eigenvalue weighted by molar-refractivity contribution is 6.39. The maximum Gasteiger partial charge on any atom is 0.317 e. The van der Waals surface area contributed by atoms with Crippen molar-refractivity contribution in [2.24, 2.45) is 5.92 Å². The first-order valence-corrected chi connectivity index (χ1v) is 11.7. The smallest absolute Gasteiger partial charge is 0.317 e. The van der Waals surface area contributed by atoms with Crippen LogP contribution in [-0.4, -0.2) is 60.4 Å². The predicted molar refractivity (Wildman–Crippen MR) is 125 cm³/mol. The van der Waals surface area contributed by atoms with Crippen LogP contribution in [-0.2, 0) is 27.2 Å². The summed E-state index contributed by atoms with van der Waals surface area (Å²) in [4.78, 5) is 52.8. The van der Waals surface area contributed by atoms with Crippen molar-refractivity contribution in [2.75, 3.05) is 36.4 Å². The van der Waals surface area contributed by atoms with Gasteiger partial charge in [0.05, 0.1) is 5.69 Å². The monoisotopic (exact) mass is 455 g/mol. The summed E-state index contributed by atoms with van der Waals surface area (Å²) in [5.74, 6) is -0.966. The number of urea groups is 1. The Morgan fingerprint density at radius 2 is 1.64 bits per heavy atom. The molecule has 0 aliphatic carbocycles. The van der Waals surface area contributed by atoms with E-state index in [9.17, 15) is 19.2 Å². The zero-order valence-electron chi connectivity index (χ0n) is 19.6. The number of likely N-dealkylation sites (tertiary alicyclic amines) is 1. The molecule has 0 atom stereocenters. The average molecular weight is 456 g/mol. The zero-order valence-corrected chi connectivity index (χ0v) is 19.6. The van der Waals surface area contributed by atoms with Crippen LogP contribution in [0.4, 0.5) is 16.2 Å². The Kier molecular flexibility index (Phi) is 6.32. The standard InChI is InChI=1S/C24H33N5O4/c1-24(2,3)27-23(33)28-9-6-15(7-10-28)14-25-21(31)22(32)26-18-12-16-4-5-19(30)29-11-8-17(13-18)20(16)29/h12-13,15H,4-11,14H2,1-3H3,(H,25,31)(H,26,32)(H,27,33). The van der Waals surface area contributed by atoms with Crippen molar-refractivity contribution in [3.05, 3.63) is 23.3 Å². The van der Waals surface area contributed by atoms with E-state index in [1.807, 2.05) is 37.8 Å². The number of piperidine rings is 1. The number of amides is 5. The largest absolute Gasteiger partial charge is 0.348 e. The summed E-state index contributed by atoms with van der Waals surface area (Å²) < 4.78 is 0. The molecule has 0 saturated carbocycles. The number of aryl methyl sites for hydroxylation is 1. The maximum atomic E-state index is 12.4. The van der Waals surface area contributed by atoms with Crippen molar-refractivity contribution < 1.29 is 19.2 Å². The Morgan fingerprint density at radius 1 is 0.970 bits per heavy atom. The van der Waals surface area contributed by atoms with Gasteiger partial charge in [-0.3, -0.25) is 14.4 Å². The van der Waals surface area contributed by atoms with Crippen LogP contribution in [0.25, 0.3) is 0 Å². The number of nitrogens with one attached hydrogen (secondary N) is 3. The highest BCUT2D eigenvalue weighted by atomic mass is 16.2. The van der Waals surface area contributed by atoms with Gasteiger partial charge in [0.1, 0.15) is 0 Å². The second kappa shape index (κ2) is 9.03. The minimum absolute atomic E-state index is 0.0646. The van der Waals surface area contributed by atoms with Crippen molar-refractivity contribution in [3.8, 4) is 0 Å². The molecule has 0 unspecified atom stereocenters. The molecule has 1 aromatic rings. The Morgan fingerprint density at radius 3 is 2.30 bits per heavy atom. The molecule has 1 saturated heterocycles. The molecule has 0 spiro atoms. The molecule has 5 amide bonds. The van der Waals surface area contributed by atoms with E-state index in [-0.39, 0.29) is 23.4 Å². The Hall–Kier alpha value is -3.10. The first-order valence-electron chi connectivity index (χ1n) is 11.7. The molecule has 3 N–H and O–H groups in total. The van der Waals surface area contributed by atoms with Crippen molar-refractivity contribution >= 4 is 35.1 Å². The quantitative estimate of drug-likeness (QED) is 0.604. The van der Waals surface area contributed by atoms with Crippen LogP contribution in [0.3, 0.4) is 0 Å². The zero-order chi connectivity index (χ0) is 23.8. The van der Waals surface area contributed by atoms with Crippen LogP contribution in [0.2, 0.25) is 0 Å². The third kappa shape index (κ3) is 5.29. The Bertz CT molecular complexity index is 976. The summed E-state index contributed by atoms with van der Waals surface area (Å²) >= 11 is 0. The van der Waals surface area contributed by atoms with Gasteiger partial charge in [-0.2, -0.15) is 0 Å². The highest BCUT2D eigenvalue weighted by Crippen LogP contribution is 2.38. The molecule has 0 bridgehead atoms. The minimum Gasteiger partial charge on any atom is -0.348 e. The summed E-state index contributed by atoms with van der Waals surface area (Å²) in [6.45, 7) is 8.20. The van der Waals surface area contributed by atoms with E-state index in [1.54, 1.807) is 4.90 Å². The Labute approximate surface area is 194 Å². The molecular weight excluding hydrogens is 422 g/mol. The maximum absolute atomic E-state index is 12.4. The van der Waals surface area contributed by atoms with Crippen LogP contribution in [0.5, 0.6) is 0 Å². The van der Waals surface area contributed by atoms with Gasteiger partial charge in [-0.05, 0) is 75.6 Å². The van der Waals surface area contributed by atoms with Gasteiger partial charge in [0.15, 0.2) is 0 Å². The molecule has 9 nitrogen and oxygen atoms in total. The fourth-order valence-electron chi connectivity index (χ4n) is 4.78. The van der Waals surface area contributed by atoms with Gasteiger partial charge in [-0.1, -0.05) is 0 Å². The molecule has 33 heavy (non-hydrogen) atoms. The molecule has 3 aliphatic rings. The molecule has 9 heteroatoms. The molecule has 3 heterocycles. The van der Waals surface area contributed by atoms with Gasteiger partial charge in [-0.15, -0.1) is 0 Å². The third-order valence-electron chi connectivity index (χ3n) is 6.45. The summed E-state index contributed by atoms with van der Waals surface area (Å²) in [5, 5.41) is 8.42. The molecule has 178 valence electrons. The van der Waals surface area contributed by atoms with E-state index in [0.717, 1.165) is 36.1 Å². The molecular formula is C24H33N5O4. The van der Waals surface area contributed by atoms with E-state index in [4.69, 9.17) is 0 Å². The van der Waals surface area contributed by atoms with Gasteiger partial charge in [-0.25, -0.2) is 4.79 Å². The minimum atomic E-state index is -0.689. The van der Waals surface area contributed by atoms with Crippen molar-refractivity contribution in [1.29, 1.82) is 0 Å². The fourth-order valence-corrected chi connectivity index (χ4v) is 4.78. The number of hydrogen-bond acceptors (Lipinski definition) is 4. The summed E-state index contributed by atoms with van der Waals surface area (Å²) in [5.41, 5.74) is 3.39. The van der Waals surface area contributed by atoms with Crippen LogP contribution >= 0.6 is 0 Å². The van der Waals surface area contributed by atoms with Gasteiger partial charge in [0.25, 0.3) is 0 Å². The van der Waals surface area contributed by atoms with E-state index in [2.05, 4.69) is 16.0 Å². The van der Waals surface area contributed by atoms with E-state index in [1.165, 1.54) is 0 Å². The number of hydrogen-bond donors (Lipinski definition) is 3. The molecule has 0 aromatic heterocycles.